The Kier molecular flexibility index (Phi) is 51.6. The molecule has 0 radical (unpaired) electrons. The summed E-state index contributed by atoms with van der Waals surface area (Å²) in [5, 5.41) is 121. The van der Waals surface area contributed by atoms with E-state index >= 15 is 0 Å². The molecule has 19 heteroatoms. The Morgan fingerprint density at radius 2 is 0.729 bits per heavy atom. The van der Waals surface area contributed by atoms with E-state index in [9.17, 15) is 61.0 Å². The zero-order chi connectivity index (χ0) is 69.6. The van der Waals surface area contributed by atoms with Gasteiger partial charge in [-0.3, -0.25) is 4.79 Å². The number of nitrogens with one attached hydrogen (secondary N) is 1. The predicted molar refractivity (Wildman–Crippen MR) is 378 cm³/mol. The zero-order valence-corrected chi connectivity index (χ0v) is 58.6. The third kappa shape index (κ3) is 37.8. The Morgan fingerprint density at radius 1 is 0.385 bits per heavy atom. The van der Waals surface area contributed by atoms with Gasteiger partial charge in [-0.2, -0.15) is 0 Å². The molecule has 0 bridgehead atoms. The lowest BCUT2D eigenvalue weighted by atomic mass is 9.96. The monoisotopic (exact) mass is 1360 g/mol. The first-order chi connectivity index (χ1) is 46.8. The van der Waals surface area contributed by atoms with Crippen molar-refractivity contribution in [2.75, 3.05) is 26.4 Å². The van der Waals surface area contributed by atoms with Crippen molar-refractivity contribution in [3.8, 4) is 0 Å². The first-order valence-corrected chi connectivity index (χ1v) is 37.1. The third-order valence-electron chi connectivity index (χ3n) is 17.8. The van der Waals surface area contributed by atoms with E-state index in [1.807, 2.05) is 6.08 Å². The van der Waals surface area contributed by atoms with Crippen LogP contribution in [0.4, 0.5) is 0 Å². The number of aliphatic hydroxyl groups excluding tert-OH is 11. The summed E-state index contributed by atoms with van der Waals surface area (Å²) in [5.74, 6) is -0.292. The summed E-state index contributed by atoms with van der Waals surface area (Å²) in [7, 11) is 0. The molecule has 0 aliphatic carbocycles. The SMILES string of the molecule is CC/C=C\C/C=C\C/C=C\C/C=C\C/C=C\C/C=C\C/C=C\CCCCCCCCCCCCCC(=O)NC(COC1OC(CO)C(OC2OC(CO)C(OC3OC(CO)C(O)C(O)C3O)C(O)C2O)C(O)C1O)C(O)/C=C/CC/C=C/CCCCCCCCCCCCCC. The minimum Gasteiger partial charge on any atom is -0.394 e. The van der Waals surface area contributed by atoms with Crippen LogP contribution in [0.15, 0.2) is 109 Å². The normalized spacial score (nSPS) is 27.7. The number of unbranched alkanes of at least 4 members (excludes halogenated alkanes) is 24. The largest absolute Gasteiger partial charge is 0.394 e. The smallest absolute Gasteiger partial charge is 0.220 e. The zero-order valence-electron chi connectivity index (χ0n) is 58.6. The van der Waals surface area contributed by atoms with Gasteiger partial charge in [-0.25, -0.2) is 0 Å². The van der Waals surface area contributed by atoms with E-state index in [0.717, 1.165) is 96.3 Å². The minimum atomic E-state index is -1.99. The number of carbonyl (C=O) groups excluding carboxylic acids is 1. The molecule has 17 atom stereocenters. The van der Waals surface area contributed by atoms with Crippen LogP contribution in [-0.4, -0.2) is 193 Å². The van der Waals surface area contributed by atoms with Crippen molar-refractivity contribution in [1.29, 1.82) is 0 Å². The van der Waals surface area contributed by atoms with E-state index < -0.39 is 124 Å². The van der Waals surface area contributed by atoms with E-state index in [2.05, 4.69) is 116 Å². The van der Waals surface area contributed by atoms with Crippen molar-refractivity contribution < 1.29 is 89.4 Å². The van der Waals surface area contributed by atoms with E-state index in [4.69, 9.17) is 28.4 Å². The Morgan fingerprint density at radius 3 is 1.17 bits per heavy atom. The molecule has 0 aromatic carbocycles. The van der Waals surface area contributed by atoms with Gasteiger partial charge < -0.3 is 89.9 Å². The summed E-state index contributed by atoms with van der Waals surface area (Å²) >= 11 is 0. The van der Waals surface area contributed by atoms with Crippen LogP contribution in [-0.2, 0) is 33.2 Å². The molecule has 0 saturated carbocycles. The molecule has 3 aliphatic rings. The van der Waals surface area contributed by atoms with Crippen LogP contribution in [0.2, 0.25) is 0 Å². The van der Waals surface area contributed by atoms with Crippen molar-refractivity contribution in [2.45, 2.75) is 343 Å². The van der Waals surface area contributed by atoms with Gasteiger partial charge in [0.15, 0.2) is 18.9 Å². The van der Waals surface area contributed by atoms with Crippen molar-refractivity contribution in [1.82, 2.24) is 5.32 Å². The van der Waals surface area contributed by atoms with E-state index in [0.29, 0.717) is 12.8 Å². The van der Waals surface area contributed by atoms with Gasteiger partial charge in [0.1, 0.15) is 73.2 Å². The maximum absolute atomic E-state index is 13.4. The highest BCUT2D eigenvalue weighted by Gasteiger charge is 2.53. The van der Waals surface area contributed by atoms with Crippen LogP contribution in [0.1, 0.15) is 239 Å². The van der Waals surface area contributed by atoms with Gasteiger partial charge >= 0.3 is 0 Å². The van der Waals surface area contributed by atoms with E-state index in [1.165, 1.54) is 109 Å². The number of rotatable bonds is 56. The number of ether oxygens (including phenoxy) is 6. The van der Waals surface area contributed by atoms with Crippen LogP contribution in [0.25, 0.3) is 0 Å². The molecule has 552 valence electrons. The summed E-state index contributed by atoms with van der Waals surface area (Å²) < 4.78 is 34.4. The summed E-state index contributed by atoms with van der Waals surface area (Å²) in [4.78, 5) is 13.4. The first-order valence-electron chi connectivity index (χ1n) is 37.1. The number of carbonyl (C=O) groups is 1. The van der Waals surface area contributed by atoms with Gasteiger partial charge in [0, 0.05) is 6.42 Å². The van der Waals surface area contributed by atoms with Crippen LogP contribution < -0.4 is 5.32 Å². The van der Waals surface area contributed by atoms with Crippen LogP contribution in [0, 0.1) is 0 Å². The molecule has 1 amide bonds. The molecule has 3 rings (SSSR count). The molecule has 3 fully saturated rings. The molecular formula is C77H131NO18. The molecule has 96 heavy (non-hydrogen) atoms. The average Bonchev–Trinajstić information content (AvgIpc) is 0.787. The van der Waals surface area contributed by atoms with E-state index in [1.54, 1.807) is 6.08 Å². The quantitative estimate of drug-likeness (QED) is 0.0199. The first kappa shape index (κ1) is 86.7. The van der Waals surface area contributed by atoms with Gasteiger partial charge in [0.2, 0.25) is 5.91 Å². The molecule has 3 saturated heterocycles. The van der Waals surface area contributed by atoms with Gasteiger partial charge in [0.05, 0.1) is 38.6 Å². The third-order valence-corrected chi connectivity index (χ3v) is 17.8. The number of hydrogen-bond acceptors (Lipinski definition) is 18. The fraction of sp³-hybridized carbons (Fsp3) is 0.753. The summed E-state index contributed by atoms with van der Waals surface area (Å²) in [6, 6.07) is -0.999. The molecule has 17 unspecified atom stereocenters. The molecule has 3 heterocycles. The van der Waals surface area contributed by atoms with Crippen LogP contribution >= 0.6 is 0 Å². The van der Waals surface area contributed by atoms with E-state index in [-0.39, 0.29) is 18.9 Å². The Labute approximate surface area is 576 Å². The van der Waals surface area contributed by atoms with Gasteiger partial charge in [-0.1, -0.05) is 252 Å². The summed E-state index contributed by atoms with van der Waals surface area (Å²) in [6.45, 7) is 1.59. The maximum atomic E-state index is 13.4. The highest BCUT2D eigenvalue weighted by molar-refractivity contribution is 5.76. The standard InChI is InChI=1S/C77H131NO18/c1-3-5-7-9-11-13-15-17-19-21-23-24-25-26-27-28-29-30-31-32-33-34-35-36-37-39-41-43-45-47-49-51-53-55-65(83)78-60(61(82)54-52-50-48-46-44-42-40-38-22-20-18-16-14-12-10-8-6-4-2)59-91-75-71(89)68(86)73(63(57-80)93-75)96-77-72(90)69(87)74(64(58-81)94-77)95-76-70(88)67(85)66(84)62(56-79)92-76/h5,7,11,13,17,19,23-24,26-27,29-30,32-33,44,46,52,54,60-64,66-77,79-82,84-90H,3-4,6,8-10,12,14-16,18,20-22,25,28,31,34-43,45,47-51,53,55-59H2,1-2H3,(H,78,83)/b7-5-,13-11-,19-17-,24-23-,27-26-,30-29-,33-32-,46-44+,54-52+. The molecule has 0 spiro atoms. The molecule has 3 aliphatic heterocycles. The van der Waals surface area contributed by atoms with Crippen molar-refractivity contribution in [2.24, 2.45) is 0 Å². The molecule has 19 nitrogen and oxygen atoms in total. The Balaban J connectivity index is 1.39. The fourth-order valence-corrected chi connectivity index (χ4v) is 11.8. The van der Waals surface area contributed by atoms with Gasteiger partial charge in [0.25, 0.3) is 0 Å². The molecule has 12 N–H and O–H groups in total. The predicted octanol–water partition coefficient (Wildman–Crippen LogP) is 11.0. The molecular weight excluding hydrogens is 1230 g/mol. The molecule has 0 aromatic heterocycles. The van der Waals surface area contributed by atoms with Crippen LogP contribution in [0.5, 0.6) is 0 Å². The summed E-state index contributed by atoms with van der Waals surface area (Å²) in [6.07, 6.45) is 50.6. The average molecular weight is 1360 g/mol. The lowest BCUT2D eigenvalue weighted by Gasteiger charge is -2.48. The second kappa shape index (κ2) is 57.1. The van der Waals surface area contributed by atoms with Gasteiger partial charge in [-0.05, 0) is 89.9 Å². The topological polar surface area (TPSA) is 307 Å². The number of allylic oxidation sites excluding steroid dienone is 17. The number of aliphatic hydroxyl groups is 11. The minimum absolute atomic E-state index is 0.225. The molecule has 0 aromatic rings. The lowest BCUT2D eigenvalue weighted by molar-refractivity contribution is -0.379. The highest BCUT2D eigenvalue weighted by atomic mass is 16.8. The number of amides is 1. The Hall–Kier alpha value is -3.55. The highest BCUT2D eigenvalue weighted by Crippen LogP contribution is 2.33. The summed E-state index contributed by atoms with van der Waals surface area (Å²) in [5.41, 5.74) is 0. The van der Waals surface area contributed by atoms with Gasteiger partial charge in [-0.15, -0.1) is 0 Å². The Bertz CT molecular complexity index is 2160. The fourth-order valence-electron chi connectivity index (χ4n) is 11.8. The van der Waals surface area contributed by atoms with Crippen LogP contribution in [0.3, 0.4) is 0 Å². The maximum Gasteiger partial charge on any atom is 0.220 e. The number of hydrogen-bond donors (Lipinski definition) is 12. The lowest BCUT2D eigenvalue weighted by Crippen LogP contribution is -2.66. The van der Waals surface area contributed by atoms with Crippen molar-refractivity contribution >= 4 is 5.91 Å². The second-order valence-electron chi connectivity index (χ2n) is 26.0. The second-order valence-corrected chi connectivity index (χ2v) is 26.0. The van der Waals surface area contributed by atoms with Crippen molar-refractivity contribution in [3.63, 3.8) is 0 Å². The van der Waals surface area contributed by atoms with Crippen molar-refractivity contribution in [3.05, 3.63) is 109 Å².